The molecule has 5 rings (SSSR count). The van der Waals surface area contributed by atoms with Crippen molar-refractivity contribution < 1.29 is 18.6 Å². The molecule has 2 aromatic heterocycles. The summed E-state index contributed by atoms with van der Waals surface area (Å²) in [6, 6.07) is 17.2. The summed E-state index contributed by atoms with van der Waals surface area (Å²) in [6.45, 7) is 3.31. The van der Waals surface area contributed by atoms with Crippen molar-refractivity contribution in [1.82, 2.24) is 14.1 Å². The molecule has 3 aromatic carbocycles. The molecule has 1 atom stereocenters. The molecule has 0 aliphatic rings. The highest BCUT2D eigenvalue weighted by atomic mass is 35.5. The standard InChI is InChI=1S/C28H21ClF2N4O3/c1-2-26(36)33-18-6-4-7-19(13-18)34-23-11-12-32-15-24(23)35(28(34)37)20-9-10-25(22(30)14-20)38-16-17-5-3-8-21(29)27(17)31/h2-15,26,33,36H,1,16H2. The van der Waals surface area contributed by atoms with Crippen LogP contribution in [0, 0.1) is 11.6 Å². The van der Waals surface area contributed by atoms with Gasteiger partial charge in [0, 0.05) is 23.5 Å². The third-order valence-corrected chi connectivity index (χ3v) is 6.16. The van der Waals surface area contributed by atoms with Crippen molar-refractivity contribution in [2.75, 3.05) is 5.32 Å². The van der Waals surface area contributed by atoms with Gasteiger partial charge in [-0.25, -0.2) is 13.6 Å². The van der Waals surface area contributed by atoms with Gasteiger partial charge in [0.1, 0.15) is 18.7 Å². The lowest BCUT2D eigenvalue weighted by Gasteiger charge is -2.12. The fraction of sp³-hybridized carbons (Fsp3) is 0.0714. The van der Waals surface area contributed by atoms with Crippen LogP contribution in [0.1, 0.15) is 5.56 Å². The number of imidazole rings is 1. The SMILES string of the molecule is C=CC(O)Nc1cccc(-n2c(=O)n(-c3ccc(OCc4cccc(Cl)c4F)c(F)c3)c3cnccc32)c1. The zero-order valence-corrected chi connectivity index (χ0v) is 20.6. The molecule has 0 aliphatic carbocycles. The zero-order chi connectivity index (χ0) is 26.8. The second kappa shape index (κ2) is 10.5. The molecule has 0 fully saturated rings. The fourth-order valence-corrected chi connectivity index (χ4v) is 4.27. The molecular weight excluding hydrogens is 514 g/mol. The number of ether oxygens (including phenoxy) is 1. The van der Waals surface area contributed by atoms with E-state index in [1.807, 2.05) is 0 Å². The molecule has 38 heavy (non-hydrogen) atoms. The van der Waals surface area contributed by atoms with Gasteiger partial charge in [-0.1, -0.05) is 36.4 Å². The van der Waals surface area contributed by atoms with Crippen molar-refractivity contribution in [2.45, 2.75) is 12.8 Å². The Hall–Kier alpha value is -4.47. The molecule has 192 valence electrons. The van der Waals surface area contributed by atoms with Gasteiger partial charge in [-0.2, -0.15) is 0 Å². The molecule has 0 saturated carbocycles. The van der Waals surface area contributed by atoms with Crippen LogP contribution >= 0.6 is 11.6 Å². The normalized spacial score (nSPS) is 11.9. The largest absolute Gasteiger partial charge is 0.486 e. The van der Waals surface area contributed by atoms with Gasteiger partial charge in [-0.05, 0) is 48.5 Å². The second-order valence-electron chi connectivity index (χ2n) is 8.31. The fourth-order valence-electron chi connectivity index (χ4n) is 4.07. The summed E-state index contributed by atoms with van der Waals surface area (Å²) < 4.78 is 37.5. The molecule has 0 amide bonds. The topological polar surface area (TPSA) is 81.3 Å². The van der Waals surface area contributed by atoms with Gasteiger partial charge in [-0.3, -0.25) is 14.1 Å². The van der Waals surface area contributed by atoms with Gasteiger partial charge >= 0.3 is 5.69 Å². The Morgan fingerprint density at radius 1 is 1.05 bits per heavy atom. The van der Waals surface area contributed by atoms with Gasteiger partial charge in [0.05, 0.1) is 33.6 Å². The predicted molar refractivity (Wildman–Crippen MR) is 142 cm³/mol. The molecule has 5 aromatic rings. The van der Waals surface area contributed by atoms with Crippen LogP contribution in [0.15, 0.2) is 96.6 Å². The summed E-state index contributed by atoms with van der Waals surface area (Å²) in [5, 5.41) is 12.7. The lowest BCUT2D eigenvalue weighted by molar-refractivity contribution is 0.253. The lowest BCUT2D eigenvalue weighted by Crippen LogP contribution is -2.22. The highest BCUT2D eigenvalue weighted by Gasteiger charge is 2.18. The molecule has 10 heteroatoms. The number of hydrogen-bond acceptors (Lipinski definition) is 5. The van der Waals surface area contributed by atoms with Crippen LogP contribution < -0.4 is 15.7 Å². The van der Waals surface area contributed by atoms with E-state index in [0.717, 1.165) is 0 Å². The van der Waals surface area contributed by atoms with Gasteiger partial charge in [0.25, 0.3) is 0 Å². The Kier molecular flexibility index (Phi) is 6.95. The first-order valence-electron chi connectivity index (χ1n) is 11.5. The van der Waals surface area contributed by atoms with Crippen LogP contribution in [0.5, 0.6) is 5.75 Å². The smallest absolute Gasteiger partial charge is 0.338 e. The van der Waals surface area contributed by atoms with Gasteiger partial charge < -0.3 is 15.2 Å². The molecule has 1 unspecified atom stereocenters. The number of hydrogen-bond donors (Lipinski definition) is 2. The molecule has 0 aliphatic heterocycles. The molecule has 0 spiro atoms. The average Bonchev–Trinajstić information content (AvgIpc) is 3.21. The third kappa shape index (κ3) is 4.77. The number of aliphatic hydroxyl groups excluding tert-OH is 1. The number of anilines is 1. The number of nitrogens with one attached hydrogen (secondary N) is 1. The molecular formula is C28H21ClF2N4O3. The molecule has 2 heterocycles. The zero-order valence-electron chi connectivity index (χ0n) is 19.8. The summed E-state index contributed by atoms with van der Waals surface area (Å²) in [7, 11) is 0. The van der Waals surface area contributed by atoms with E-state index in [1.165, 1.54) is 51.7 Å². The van der Waals surface area contributed by atoms with E-state index in [9.17, 15) is 14.3 Å². The Morgan fingerprint density at radius 2 is 1.82 bits per heavy atom. The van der Waals surface area contributed by atoms with Gasteiger partial charge in [0.15, 0.2) is 11.6 Å². The van der Waals surface area contributed by atoms with Crippen molar-refractivity contribution in [3.63, 3.8) is 0 Å². The van der Waals surface area contributed by atoms with E-state index < -0.39 is 23.6 Å². The van der Waals surface area contributed by atoms with E-state index in [0.29, 0.717) is 22.4 Å². The summed E-state index contributed by atoms with van der Waals surface area (Å²) in [5.74, 6) is -1.47. The number of pyridine rings is 1. The van der Waals surface area contributed by atoms with E-state index >= 15 is 4.39 Å². The van der Waals surface area contributed by atoms with Crippen molar-refractivity contribution in [2.24, 2.45) is 0 Å². The van der Waals surface area contributed by atoms with Crippen LogP contribution in [0.2, 0.25) is 5.02 Å². The highest BCUT2D eigenvalue weighted by Crippen LogP contribution is 2.26. The maximum atomic E-state index is 15.1. The Bertz CT molecular complexity index is 1720. The number of rotatable bonds is 8. The molecule has 7 nitrogen and oxygen atoms in total. The number of aromatic nitrogens is 3. The maximum absolute atomic E-state index is 15.1. The maximum Gasteiger partial charge on any atom is 0.338 e. The lowest BCUT2D eigenvalue weighted by atomic mass is 10.2. The third-order valence-electron chi connectivity index (χ3n) is 5.87. The Balaban J connectivity index is 1.52. The molecule has 2 N–H and O–H groups in total. The summed E-state index contributed by atoms with van der Waals surface area (Å²) in [5.41, 5.74) is 2.07. The van der Waals surface area contributed by atoms with Crippen LogP contribution in [0.3, 0.4) is 0 Å². The number of benzene rings is 3. The summed E-state index contributed by atoms with van der Waals surface area (Å²) >= 11 is 5.80. The summed E-state index contributed by atoms with van der Waals surface area (Å²) in [4.78, 5) is 17.8. The minimum absolute atomic E-state index is 0.0514. The van der Waals surface area contributed by atoms with Gasteiger partial charge in [-0.15, -0.1) is 0 Å². The predicted octanol–water partition coefficient (Wildman–Crippen LogP) is 5.60. The Morgan fingerprint density at radius 3 is 2.61 bits per heavy atom. The van der Waals surface area contributed by atoms with E-state index in [-0.39, 0.29) is 28.6 Å². The van der Waals surface area contributed by atoms with E-state index in [2.05, 4.69) is 16.9 Å². The number of nitrogens with zero attached hydrogens (tertiary/aromatic N) is 3. The van der Waals surface area contributed by atoms with E-state index in [1.54, 1.807) is 42.6 Å². The van der Waals surface area contributed by atoms with Gasteiger partial charge in [0.2, 0.25) is 0 Å². The highest BCUT2D eigenvalue weighted by molar-refractivity contribution is 6.30. The quantitative estimate of drug-likeness (QED) is 0.200. The van der Waals surface area contributed by atoms with Crippen LogP contribution in [0.4, 0.5) is 14.5 Å². The first-order chi connectivity index (χ1) is 18.4. The van der Waals surface area contributed by atoms with Crippen LogP contribution in [0.25, 0.3) is 22.4 Å². The summed E-state index contributed by atoms with van der Waals surface area (Å²) in [6.07, 6.45) is 3.44. The minimum Gasteiger partial charge on any atom is -0.486 e. The number of halogens is 3. The van der Waals surface area contributed by atoms with Crippen LogP contribution in [-0.2, 0) is 6.61 Å². The van der Waals surface area contributed by atoms with Crippen LogP contribution in [-0.4, -0.2) is 25.5 Å². The Labute approximate surface area is 220 Å². The number of aliphatic hydroxyl groups is 1. The first-order valence-corrected chi connectivity index (χ1v) is 11.9. The van der Waals surface area contributed by atoms with E-state index in [4.69, 9.17) is 16.3 Å². The average molecular weight is 535 g/mol. The van der Waals surface area contributed by atoms with Crippen molar-refractivity contribution in [1.29, 1.82) is 0 Å². The van der Waals surface area contributed by atoms with Crippen molar-refractivity contribution >= 4 is 28.3 Å². The number of fused-ring (bicyclic) bond motifs is 1. The second-order valence-corrected chi connectivity index (χ2v) is 8.72. The molecule has 0 radical (unpaired) electrons. The van der Waals surface area contributed by atoms with Crippen molar-refractivity contribution in [3.05, 3.63) is 124 Å². The molecule has 0 saturated heterocycles. The first kappa shape index (κ1) is 25.2. The van der Waals surface area contributed by atoms with Crippen molar-refractivity contribution in [3.8, 4) is 17.1 Å². The molecule has 0 bridgehead atoms. The minimum atomic E-state index is -0.966. The monoisotopic (exact) mass is 534 g/mol.